The summed E-state index contributed by atoms with van der Waals surface area (Å²) in [5.74, 6) is 3.96. The van der Waals surface area contributed by atoms with E-state index in [0.29, 0.717) is 22.9 Å². The van der Waals surface area contributed by atoms with Crippen LogP contribution in [-0.2, 0) is 4.74 Å². The summed E-state index contributed by atoms with van der Waals surface area (Å²) in [5, 5.41) is 7.10. The van der Waals surface area contributed by atoms with Gasteiger partial charge in [-0.1, -0.05) is 26.7 Å². The lowest BCUT2D eigenvalue weighted by Gasteiger charge is -2.36. The molecule has 1 aromatic heterocycles. The molecule has 31 heavy (non-hydrogen) atoms. The molecule has 3 atom stereocenters. The number of hydrogen-bond donors (Lipinski definition) is 2. The van der Waals surface area contributed by atoms with Crippen molar-refractivity contribution in [3.05, 3.63) is 6.07 Å². The van der Waals surface area contributed by atoms with E-state index in [1.54, 1.807) is 0 Å². The number of anilines is 3. The van der Waals surface area contributed by atoms with Gasteiger partial charge >= 0.3 is 0 Å². The molecule has 2 N–H and O–H groups in total. The Bertz CT molecular complexity index is 723. The Balaban J connectivity index is 1.51. The zero-order valence-corrected chi connectivity index (χ0v) is 19.9. The van der Waals surface area contributed by atoms with Crippen molar-refractivity contribution in [1.29, 1.82) is 0 Å². The topological polar surface area (TPSA) is 65.5 Å². The van der Waals surface area contributed by atoms with Crippen LogP contribution in [0.4, 0.5) is 17.6 Å². The molecule has 0 spiro atoms. The Morgan fingerprint density at radius 3 is 2.35 bits per heavy atom. The second-order valence-corrected chi connectivity index (χ2v) is 10.0. The van der Waals surface area contributed by atoms with Crippen LogP contribution in [-0.4, -0.2) is 60.5 Å². The number of thiocarbonyl (C=S) groups is 1. The molecule has 0 amide bonds. The Hall–Kier alpha value is -1.67. The van der Waals surface area contributed by atoms with E-state index in [1.165, 1.54) is 32.1 Å². The molecule has 0 bridgehead atoms. The Morgan fingerprint density at radius 2 is 1.71 bits per heavy atom. The molecule has 3 aliphatic heterocycles. The van der Waals surface area contributed by atoms with E-state index in [-0.39, 0.29) is 6.10 Å². The van der Waals surface area contributed by atoms with Crippen molar-refractivity contribution < 1.29 is 4.74 Å². The molecule has 4 rings (SSSR count). The number of hydrogen-bond acceptors (Lipinski definition) is 6. The summed E-state index contributed by atoms with van der Waals surface area (Å²) in [6.45, 7) is 10.5. The number of ether oxygens (including phenoxy) is 1. The highest BCUT2D eigenvalue weighted by molar-refractivity contribution is 7.80. The summed E-state index contributed by atoms with van der Waals surface area (Å²) < 4.78 is 5.69. The van der Waals surface area contributed by atoms with Gasteiger partial charge in [0.2, 0.25) is 5.95 Å². The summed E-state index contributed by atoms with van der Waals surface area (Å²) >= 11 is 5.54. The van der Waals surface area contributed by atoms with Gasteiger partial charge in [-0.15, -0.1) is 0 Å². The molecule has 3 fully saturated rings. The third-order valence-electron chi connectivity index (χ3n) is 6.56. The maximum Gasteiger partial charge on any atom is 0.232 e. The summed E-state index contributed by atoms with van der Waals surface area (Å²) in [6, 6.07) is 2.18. The molecule has 0 unspecified atom stereocenters. The van der Waals surface area contributed by atoms with Gasteiger partial charge in [-0.3, -0.25) is 0 Å². The lowest BCUT2D eigenvalue weighted by Crippen LogP contribution is -2.40. The normalized spacial score (nSPS) is 27.1. The van der Waals surface area contributed by atoms with Crippen molar-refractivity contribution in [2.24, 2.45) is 11.8 Å². The molecule has 3 saturated heterocycles. The predicted octanol–water partition coefficient (Wildman–Crippen LogP) is 3.80. The molecule has 7 nitrogen and oxygen atoms in total. The number of rotatable bonds is 5. The lowest BCUT2D eigenvalue weighted by atomic mass is 9.92. The van der Waals surface area contributed by atoms with Crippen LogP contribution in [0.3, 0.4) is 0 Å². The van der Waals surface area contributed by atoms with Crippen molar-refractivity contribution in [2.45, 2.75) is 64.9 Å². The van der Waals surface area contributed by atoms with Crippen molar-refractivity contribution in [1.82, 2.24) is 15.3 Å². The van der Waals surface area contributed by atoms with Crippen LogP contribution < -0.4 is 20.4 Å². The maximum absolute atomic E-state index is 5.69. The molecule has 1 aromatic rings. The van der Waals surface area contributed by atoms with Gasteiger partial charge in [0, 0.05) is 45.4 Å². The maximum atomic E-state index is 5.69. The molecule has 8 heteroatoms. The van der Waals surface area contributed by atoms with E-state index in [4.69, 9.17) is 26.9 Å². The van der Waals surface area contributed by atoms with Crippen LogP contribution in [0.25, 0.3) is 0 Å². The highest BCUT2D eigenvalue weighted by atomic mass is 32.1. The average Bonchev–Trinajstić information content (AvgIpc) is 3.11. The van der Waals surface area contributed by atoms with E-state index in [1.807, 2.05) is 0 Å². The molecular formula is C23H38N6OS. The summed E-state index contributed by atoms with van der Waals surface area (Å²) in [7, 11) is 0. The van der Waals surface area contributed by atoms with Crippen LogP contribution in [0.2, 0.25) is 0 Å². The first kappa shape index (κ1) is 22.5. The van der Waals surface area contributed by atoms with Crippen LogP contribution in [0.1, 0.15) is 58.8 Å². The van der Waals surface area contributed by atoms with Crippen LogP contribution in [0.15, 0.2) is 6.07 Å². The zero-order valence-electron chi connectivity index (χ0n) is 19.1. The van der Waals surface area contributed by atoms with Crippen LogP contribution in [0, 0.1) is 11.8 Å². The van der Waals surface area contributed by atoms with Crippen molar-refractivity contribution >= 4 is 34.9 Å². The monoisotopic (exact) mass is 446 g/mol. The fraction of sp³-hybridized carbons (Fsp3) is 0.783. The fourth-order valence-corrected chi connectivity index (χ4v) is 5.28. The minimum absolute atomic E-state index is 0.246. The standard InChI is InChI=1S/C23H38N6OS/c1-17-12-18(2)16-29(15-17)21-13-20(28-9-5-3-4-6-10-28)25-22(26-21)27-23(31)24-14-19-8-7-11-30-19/h13,17-19H,3-12,14-16H2,1-2H3,(H2,24,25,26,27,31)/t17-,18-,19-/m0/s1. The Kier molecular flexibility index (Phi) is 7.82. The first-order chi connectivity index (χ1) is 15.1. The molecule has 0 radical (unpaired) electrons. The lowest BCUT2D eigenvalue weighted by molar-refractivity contribution is 0.114. The second kappa shape index (κ2) is 10.8. The van der Waals surface area contributed by atoms with Gasteiger partial charge in [0.25, 0.3) is 0 Å². The Morgan fingerprint density at radius 1 is 1.03 bits per heavy atom. The van der Waals surface area contributed by atoms with Gasteiger partial charge in [0.05, 0.1) is 6.10 Å². The number of nitrogens with zero attached hydrogens (tertiary/aromatic N) is 4. The van der Waals surface area contributed by atoms with Gasteiger partial charge in [0.15, 0.2) is 5.11 Å². The molecule has 172 valence electrons. The predicted molar refractivity (Wildman–Crippen MR) is 131 cm³/mol. The second-order valence-electron chi connectivity index (χ2n) is 9.63. The van der Waals surface area contributed by atoms with Crippen molar-refractivity contribution in [3.63, 3.8) is 0 Å². The van der Waals surface area contributed by atoms with Gasteiger partial charge < -0.3 is 25.2 Å². The van der Waals surface area contributed by atoms with E-state index in [9.17, 15) is 0 Å². The molecule has 0 aromatic carbocycles. The smallest absolute Gasteiger partial charge is 0.232 e. The van der Waals surface area contributed by atoms with Gasteiger partial charge in [-0.2, -0.15) is 9.97 Å². The summed E-state index contributed by atoms with van der Waals surface area (Å²) in [5.41, 5.74) is 0. The number of piperidine rings is 1. The highest BCUT2D eigenvalue weighted by Gasteiger charge is 2.25. The zero-order chi connectivity index (χ0) is 21.6. The molecule has 4 heterocycles. The summed E-state index contributed by atoms with van der Waals surface area (Å²) in [6.07, 6.45) is 8.80. The average molecular weight is 447 g/mol. The van der Waals surface area contributed by atoms with E-state index in [2.05, 4.69) is 40.3 Å². The third kappa shape index (κ3) is 6.42. The first-order valence-electron chi connectivity index (χ1n) is 12.1. The van der Waals surface area contributed by atoms with Crippen molar-refractivity contribution in [2.75, 3.05) is 54.4 Å². The fourth-order valence-electron chi connectivity index (χ4n) is 5.11. The third-order valence-corrected chi connectivity index (χ3v) is 6.81. The largest absolute Gasteiger partial charge is 0.376 e. The number of nitrogens with one attached hydrogen (secondary N) is 2. The van der Waals surface area contributed by atoms with Crippen LogP contribution in [0.5, 0.6) is 0 Å². The molecule has 0 saturated carbocycles. The van der Waals surface area contributed by atoms with E-state index >= 15 is 0 Å². The number of aromatic nitrogens is 2. The van der Waals surface area contributed by atoms with E-state index in [0.717, 1.165) is 63.8 Å². The summed E-state index contributed by atoms with van der Waals surface area (Å²) in [4.78, 5) is 14.6. The molecular weight excluding hydrogens is 408 g/mol. The van der Waals surface area contributed by atoms with Crippen LogP contribution >= 0.6 is 12.2 Å². The minimum atomic E-state index is 0.246. The quantitative estimate of drug-likeness (QED) is 0.662. The SMILES string of the molecule is C[C@H]1C[C@H](C)CN(c2cc(N3CCCCCC3)nc(NC(=S)NC[C@@H]3CCCO3)n2)C1. The van der Waals surface area contributed by atoms with Gasteiger partial charge in [-0.25, -0.2) is 0 Å². The minimum Gasteiger partial charge on any atom is -0.376 e. The van der Waals surface area contributed by atoms with Crippen molar-refractivity contribution in [3.8, 4) is 0 Å². The van der Waals surface area contributed by atoms with E-state index < -0.39 is 0 Å². The van der Waals surface area contributed by atoms with Gasteiger partial charge in [-0.05, 0) is 56.2 Å². The molecule has 3 aliphatic rings. The first-order valence-corrected chi connectivity index (χ1v) is 12.5. The molecule has 0 aliphatic carbocycles. The Labute approximate surface area is 192 Å². The highest BCUT2D eigenvalue weighted by Crippen LogP contribution is 2.29. The van der Waals surface area contributed by atoms with Gasteiger partial charge in [0.1, 0.15) is 11.6 Å².